The SMILES string of the molecule is Cc1ccccc1-c1cccc(-c2cc(-c3cccc(-c4ccccc4)c3)c3c4c2\C=C/C=C\C(=C\O)B4c2ccccc2O3)c1. The van der Waals surface area contributed by atoms with Gasteiger partial charge in [-0.15, -0.1) is 0 Å². The van der Waals surface area contributed by atoms with Gasteiger partial charge in [0.05, 0.1) is 6.26 Å². The van der Waals surface area contributed by atoms with Crippen LogP contribution in [0.5, 0.6) is 11.5 Å². The van der Waals surface area contributed by atoms with Crippen molar-refractivity contribution < 1.29 is 9.84 Å². The Balaban J connectivity index is 1.44. The zero-order valence-corrected chi connectivity index (χ0v) is 25.5. The van der Waals surface area contributed by atoms with Crippen molar-refractivity contribution in [2.45, 2.75) is 6.92 Å². The first-order valence-electron chi connectivity index (χ1n) is 15.7. The van der Waals surface area contributed by atoms with E-state index in [1.54, 1.807) is 0 Å². The van der Waals surface area contributed by atoms with Gasteiger partial charge in [0.2, 0.25) is 0 Å². The Morgan fingerprint density at radius 3 is 2.00 bits per heavy atom. The molecule has 3 heteroatoms. The summed E-state index contributed by atoms with van der Waals surface area (Å²) in [5, 5.41) is 10.6. The van der Waals surface area contributed by atoms with Gasteiger partial charge in [0, 0.05) is 5.56 Å². The highest BCUT2D eigenvalue weighted by Crippen LogP contribution is 2.43. The summed E-state index contributed by atoms with van der Waals surface area (Å²) in [6, 6.07) is 47.0. The van der Waals surface area contributed by atoms with Crippen molar-refractivity contribution in [2.24, 2.45) is 0 Å². The molecule has 0 fully saturated rings. The van der Waals surface area contributed by atoms with Crippen LogP contribution >= 0.6 is 0 Å². The molecule has 46 heavy (non-hydrogen) atoms. The summed E-state index contributed by atoms with van der Waals surface area (Å²) in [4.78, 5) is 0. The normalized spacial score (nSPS) is 15.2. The van der Waals surface area contributed by atoms with Crippen molar-refractivity contribution >= 4 is 23.7 Å². The lowest BCUT2D eigenvalue weighted by Crippen LogP contribution is -2.49. The van der Waals surface area contributed by atoms with Crippen molar-refractivity contribution in [3.63, 3.8) is 0 Å². The van der Waals surface area contributed by atoms with Gasteiger partial charge in [0.25, 0.3) is 6.71 Å². The quantitative estimate of drug-likeness (QED) is 0.164. The molecular formula is C43H31BO2. The number of rotatable bonds is 4. The Hall–Kier alpha value is -5.80. The number of aliphatic hydroxyl groups excluding tert-OH is 1. The van der Waals surface area contributed by atoms with Gasteiger partial charge in [-0.2, -0.15) is 0 Å². The average Bonchev–Trinajstić information content (AvgIpc) is 3.10. The van der Waals surface area contributed by atoms with Gasteiger partial charge in [-0.3, -0.25) is 0 Å². The van der Waals surface area contributed by atoms with Gasteiger partial charge in [-0.05, 0) is 97.7 Å². The van der Waals surface area contributed by atoms with E-state index in [0.29, 0.717) is 0 Å². The second-order valence-electron chi connectivity index (χ2n) is 11.9. The van der Waals surface area contributed by atoms with Gasteiger partial charge in [0.15, 0.2) is 0 Å². The van der Waals surface area contributed by atoms with Crippen LogP contribution in [0.3, 0.4) is 0 Å². The molecular weight excluding hydrogens is 559 g/mol. The van der Waals surface area contributed by atoms with Crippen LogP contribution in [0.2, 0.25) is 0 Å². The Labute approximate surface area is 270 Å². The molecule has 6 aromatic carbocycles. The summed E-state index contributed by atoms with van der Waals surface area (Å²) < 4.78 is 6.88. The van der Waals surface area contributed by atoms with Gasteiger partial charge in [-0.25, -0.2) is 0 Å². The first kappa shape index (κ1) is 27.7. The molecule has 2 aliphatic heterocycles. The van der Waals surface area contributed by atoms with Crippen molar-refractivity contribution in [1.29, 1.82) is 0 Å². The fourth-order valence-corrected chi connectivity index (χ4v) is 6.93. The molecule has 0 radical (unpaired) electrons. The minimum atomic E-state index is -0.211. The number of ether oxygens (including phenoxy) is 1. The lowest BCUT2D eigenvalue weighted by Gasteiger charge is -2.32. The van der Waals surface area contributed by atoms with Crippen LogP contribution in [-0.4, -0.2) is 11.8 Å². The maximum Gasteiger partial charge on any atom is 0.255 e. The largest absolute Gasteiger partial charge is 0.516 e. The van der Waals surface area contributed by atoms with Crippen LogP contribution in [0.15, 0.2) is 163 Å². The predicted octanol–water partition coefficient (Wildman–Crippen LogP) is 9.94. The molecule has 0 spiro atoms. The average molecular weight is 591 g/mol. The van der Waals surface area contributed by atoms with Gasteiger partial charge in [0.1, 0.15) is 11.5 Å². The standard InChI is InChI=1S/C43H31BO2/c1-29-13-5-7-21-36(29)32-17-12-18-33(26-32)38-27-39(34-19-11-16-31(25-34)30-14-3-2-4-15-30)43-42-37(38)22-8-6-20-35(28-45)44(42)40-23-9-10-24-41(40)46-43/h2-28,45H,1H3/b20-6-,22-8-,35-28-. The third-order valence-corrected chi connectivity index (χ3v) is 9.14. The molecule has 2 heterocycles. The molecule has 218 valence electrons. The summed E-state index contributed by atoms with van der Waals surface area (Å²) in [5.74, 6) is 1.63. The Morgan fingerprint density at radius 2 is 1.20 bits per heavy atom. The molecule has 1 N–H and O–H groups in total. The molecule has 0 unspecified atom stereocenters. The zero-order chi connectivity index (χ0) is 31.0. The third-order valence-electron chi connectivity index (χ3n) is 9.14. The van der Waals surface area contributed by atoms with E-state index in [1.807, 2.05) is 36.4 Å². The number of hydrogen-bond donors (Lipinski definition) is 1. The summed E-state index contributed by atoms with van der Waals surface area (Å²) in [5.41, 5.74) is 14.3. The Bertz CT molecular complexity index is 2210. The maximum atomic E-state index is 10.6. The lowest BCUT2D eigenvalue weighted by atomic mass is 9.34. The summed E-state index contributed by atoms with van der Waals surface area (Å²) >= 11 is 0. The van der Waals surface area contributed by atoms with Gasteiger partial charge in [-0.1, -0.05) is 133 Å². The van der Waals surface area contributed by atoms with Crippen molar-refractivity contribution in [3.8, 4) is 56.0 Å². The number of allylic oxidation sites excluding steroid dienone is 4. The highest BCUT2D eigenvalue weighted by atomic mass is 16.5. The molecule has 8 rings (SSSR count). The summed E-state index contributed by atoms with van der Waals surface area (Å²) in [6.45, 7) is 1.95. The molecule has 2 nitrogen and oxygen atoms in total. The first-order valence-corrected chi connectivity index (χ1v) is 15.7. The molecule has 0 bridgehead atoms. The number of aliphatic hydroxyl groups is 1. The van der Waals surface area contributed by atoms with E-state index in [0.717, 1.165) is 66.8 Å². The molecule has 0 amide bonds. The third kappa shape index (κ3) is 4.78. The van der Waals surface area contributed by atoms with E-state index >= 15 is 0 Å². The molecule has 0 saturated carbocycles. The highest BCUT2D eigenvalue weighted by molar-refractivity contribution is 6.93. The number of para-hydroxylation sites is 1. The van der Waals surface area contributed by atoms with Gasteiger partial charge >= 0.3 is 0 Å². The van der Waals surface area contributed by atoms with Crippen LogP contribution in [0.25, 0.3) is 50.6 Å². The van der Waals surface area contributed by atoms with E-state index in [9.17, 15) is 5.11 Å². The van der Waals surface area contributed by atoms with E-state index < -0.39 is 0 Å². The van der Waals surface area contributed by atoms with Crippen molar-refractivity contribution in [1.82, 2.24) is 0 Å². The fourth-order valence-electron chi connectivity index (χ4n) is 6.93. The first-order chi connectivity index (χ1) is 22.7. The van der Waals surface area contributed by atoms with Crippen LogP contribution in [0.4, 0.5) is 0 Å². The predicted molar refractivity (Wildman–Crippen MR) is 193 cm³/mol. The van der Waals surface area contributed by atoms with E-state index in [2.05, 4.69) is 128 Å². The highest BCUT2D eigenvalue weighted by Gasteiger charge is 2.38. The molecule has 0 aromatic heterocycles. The van der Waals surface area contributed by atoms with Crippen LogP contribution in [0.1, 0.15) is 11.1 Å². The van der Waals surface area contributed by atoms with E-state index in [-0.39, 0.29) is 6.71 Å². The maximum absolute atomic E-state index is 10.6. The van der Waals surface area contributed by atoms with Crippen LogP contribution in [-0.2, 0) is 0 Å². The second-order valence-corrected chi connectivity index (χ2v) is 11.9. The Kier molecular flexibility index (Phi) is 7.00. The zero-order valence-electron chi connectivity index (χ0n) is 25.5. The van der Waals surface area contributed by atoms with Crippen LogP contribution in [0, 0.1) is 6.92 Å². The molecule has 0 aliphatic carbocycles. The van der Waals surface area contributed by atoms with Crippen LogP contribution < -0.4 is 15.7 Å². The second kappa shape index (κ2) is 11.6. The molecule has 6 aromatic rings. The molecule has 0 atom stereocenters. The monoisotopic (exact) mass is 590 g/mol. The number of aryl methyl sites for hydroxylation is 1. The Morgan fingerprint density at radius 1 is 0.565 bits per heavy atom. The lowest BCUT2D eigenvalue weighted by molar-refractivity contribution is 0.471. The summed E-state index contributed by atoms with van der Waals surface area (Å²) in [7, 11) is 0. The topological polar surface area (TPSA) is 29.5 Å². The number of benzene rings is 6. The fraction of sp³-hybridized carbons (Fsp3) is 0.0233. The number of hydrogen-bond acceptors (Lipinski definition) is 2. The molecule has 2 aliphatic rings. The van der Waals surface area contributed by atoms with Crippen molar-refractivity contribution in [3.05, 3.63) is 175 Å². The number of fused-ring (bicyclic) bond motifs is 2. The smallest absolute Gasteiger partial charge is 0.255 e. The van der Waals surface area contributed by atoms with Gasteiger partial charge < -0.3 is 9.84 Å². The molecule has 0 saturated heterocycles. The van der Waals surface area contributed by atoms with E-state index in [4.69, 9.17) is 4.74 Å². The van der Waals surface area contributed by atoms with Crippen molar-refractivity contribution in [2.75, 3.05) is 0 Å². The minimum absolute atomic E-state index is 0.211. The minimum Gasteiger partial charge on any atom is -0.516 e. The van der Waals surface area contributed by atoms with E-state index in [1.165, 1.54) is 23.0 Å². The summed E-state index contributed by atoms with van der Waals surface area (Å²) in [6.07, 6.45) is 9.50.